The Kier molecular flexibility index (Phi) is 3.03. The van der Waals surface area contributed by atoms with Crippen LogP contribution in [0.15, 0.2) is 0 Å². The summed E-state index contributed by atoms with van der Waals surface area (Å²) >= 11 is 0. The average molecular weight is 197 g/mol. The van der Waals surface area contributed by atoms with Crippen molar-refractivity contribution < 1.29 is 4.79 Å². The van der Waals surface area contributed by atoms with Crippen molar-refractivity contribution in [2.75, 3.05) is 19.6 Å². The van der Waals surface area contributed by atoms with E-state index in [1.54, 1.807) is 0 Å². The molecule has 0 saturated carbocycles. The van der Waals surface area contributed by atoms with Gasteiger partial charge in [-0.1, -0.05) is 0 Å². The molecule has 0 bridgehead atoms. The van der Waals surface area contributed by atoms with Gasteiger partial charge in [0.25, 0.3) is 0 Å². The molecular weight excluding hydrogens is 178 g/mol. The largest absolute Gasteiger partial charge is 0.368 e. The minimum Gasteiger partial charge on any atom is -0.368 e. The summed E-state index contributed by atoms with van der Waals surface area (Å²) in [6.45, 7) is 3.38. The van der Waals surface area contributed by atoms with E-state index in [1.165, 1.54) is 25.9 Å². The lowest BCUT2D eigenvalue weighted by Crippen LogP contribution is -2.53. The standard InChI is InChI=1S/C10H19N3O/c11-10(14)9-4-3-8(7-12-9)13-5-1-2-6-13/h8-9,12H,1-7H2,(H2,11,14). The van der Waals surface area contributed by atoms with Crippen molar-refractivity contribution in [1.29, 1.82) is 0 Å². The number of primary amides is 1. The monoisotopic (exact) mass is 197 g/mol. The minimum atomic E-state index is -0.204. The van der Waals surface area contributed by atoms with Gasteiger partial charge in [-0.25, -0.2) is 0 Å². The summed E-state index contributed by atoms with van der Waals surface area (Å²) in [5.74, 6) is -0.204. The van der Waals surface area contributed by atoms with Gasteiger partial charge in [-0.05, 0) is 38.8 Å². The molecule has 2 unspecified atom stereocenters. The fourth-order valence-electron chi connectivity index (χ4n) is 2.50. The summed E-state index contributed by atoms with van der Waals surface area (Å²) < 4.78 is 0. The Bertz CT molecular complexity index is 205. The fourth-order valence-corrected chi connectivity index (χ4v) is 2.50. The molecule has 3 N–H and O–H groups in total. The lowest BCUT2D eigenvalue weighted by atomic mass is 9.99. The molecule has 14 heavy (non-hydrogen) atoms. The summed E-state index contributed by atoms with van der Waals surface area (Å²) in [6.07, 6.45) is 4.67. The Morgan fingerprint density at radius 3 is 2.50 bits per heavy atom. The summed E-state index contributed by atoms with van der Waals surface area (Å²) in [5.41, 5.74) is 5.25. The van der Waals surface area contributed by atoms with E-state index in [4.69, 9.17) is 5.73 Å². The molecule has 2 atom stereocenters. The zero-order chi connectivity index (χ0) is 9.97. The van der Waals surface area contributed by atoms with Gasteiger partial charge in [-0.2, -0.15) is 0 Å². The van der Waals surface area contributed by atoms with Crippen molar-refractivity contribution in [2.45, 2.75) is 37.8 Å². The molecule has 2 heterocycles. The Labute approximate surface area is 84.8 Å². The lowest BCUT2D eigenvalue weighted by Gasteiger charge is -2.34. The number of nitrogens with two attached hydrogens (primary N) is 1. The van der Waals surface area contributed by atoms with E-state index in [0.29, 0.717) is 6.04 Å². The van der Waals surface area contributed by atoms with Crippen molar-refractivity contribution in [1.82, 2.24) is 10.2 Å². The van der Waals surface area contributed by atoms with Crippen molar-refractivity contribution in [2.24, 2.45) is 5.73 Å². The van der Waals surface area contributed by atoms with Gasteiger partial charge >= 0.3 is 0 Å². The summed E-state index contributed by atoms with van der Waals surface area (Å²) in [4.78, 5) is 13.5. The van der Waals surface area contributed by atoms with Gasteiger partial charge in [-0.3, -0.25) is 9.69 Å². The molecule has 0 spiro atoms. The molecule has 2 aliphatic heterocycles. The first-order valence-corrected chi connectivity index (χ1v) is 5.54. The van der Waals surface area contributed by atoms with Crippen molar-refractivity contribution in [3.63, 3.8) is 0 Å². The predicted molar refractivity (Wildman–Crippen MR) is 54.8 cm³/mol. The van der Waals surface area contributed by atoms with Gasteiger partial charge in [0.2, 0.25) is 5.91 Å². The number of hydrogen-bond donors (Lipinski definition) is 2. The number of rotatable bonds is 2. The predicted octanol–water partition coefficient (Wildman–Crippen LogP) is -0.312. The highest BCUT2D eigenvalue weighted by Gasteiger charge is 2.28. The molecule has 2 fully saturated rings. The van der Waals surface area contributed by atoms with Gasteiger partial charge < -0.3 is 11.1 Å². The second kappa shape index (κ2) is 4.28. The maximum Gasteiger partial charge on any atom is 0.234 e. The normalized spacial score (nSPS) is 34.6. The van der Waals surface area contributed by atoms with E-state index in [2.05, 4.69) is 10.2 Å². The summed E-state index contributed by atoms with van der Waals surface area (Å²) in [5, 5.41) is 3.23. The molecule has 0 aromatic heterocycles. The molecule has 4 heteroatoms. The Morgan fingerprint density at radius 1 is 1.29 bits per heavy atom. The maximum atomic E-state index is 10.9. The van der Waals surface area contributed by atoms with E-state index < -0.39 is 0 Å². The van der Waals surface area contributed by atoms with Crippen LogP contribution in [0.25, 0.3) is 0 Å². The van der Waals surface area contributed by atoms with E-state index >= 15 is 0 Å². The first-order chi connectivity index (χ1) is 6.77. The quantitative estimate of drug-likeness (QED) is 0.638. The number of hydrogen-bond acceptors (Lipinski definition) is 3. The molecule has 0 aliphatic carbocycles. The average Bonchev–Trinajstić information content (AvgIpc) is 2.71. The number of carbonyl (C=O) groups excluding carboxylic acids is 1. The number of nitrogens with zero attached hydrogens (tertiary/aromatic N) is 1. The molecule has 0 radical (unpaired) electrons. The molecule has 0 aromatic carbocycles. The second-order valence-corrected chi connectivity index (χ2v) is 4.34. The molecular formula is C10H19N3O. The third kappa shape index (κ3) is 2.07. The smallest absolute Gasteiger partial charge is 0.234 e. The van der Waals surface area contributed by atoms with Crippen LogP contribution in [0.1, 0.15) is 25.7 Å². The molecule has 2 aliphatic rings. The van der Waals surface area contributed by atoms with Crippen LogP contribution in [0.5, 0.6) is 0 Å². The van der Waals surface area contributed by atoms with Crippen molar-refractivity contribution in [3.05, 3.63) is 0 Å². The van der Waals surface area contributed by atoms with Crippen molar-refractivity contribution >= 4 is 5.91 Å². The SMILES string of the molecule is NC(=O)C1CCC(N2CCCC2)CN1. The van der Waals surface area contributed by atoms with E-state index in [0.717, 1.165) is 19.4 Å². The van der Waals surface area contributed by atoms with E-state index in [-0.39, 0.29) is 11.9 Å². The number of nitrogens with one attached hydrogen (secondary N) is 1. The molecule has 0 aromatic rings. The van der Waals surface area contributed by atoms with Crippen molar-refractivity contribution in [3.8, 4) is 0 Å². The summed E-state index contributed by atoms with van der Waals surface area (Å²) in [7, 11) is 0. The van der Waals surface area contributed by atoms with Crippen LogP contribution in [0, 0.1) is 0 Å². The first-order valence-electron chi connectivity index (χ1n) is 5.54. The third-order valence-electron chi connectivity index (χ3n) is 3.39. The van der Waals surface area contributed by atoms with Crippen LogP contribution >= 0.6 is 0 Å². The summed E-state index contributed by atoms with van der Waals surface area (Å²) in [6, 6.07) is 0.543. The molecule has 2 rings (SSSR count). The highest BCUT2D eigenvalue weighted by atomic mass is 16.1. The zero-order valence-electron chi connectivity index (χ0n) is 8.54. The third-order valence-corrected chi connectivity index (χ3v) is 3.39. The van der Waals surface area contributed by atoms with Gasteiger partial charge in [0, 0.05) is 12.6 Å². The fraction of sp³-hybridized carbons (Fsp3) is 0.900. The van der Waals surface area contributed by atoms with Crippen LogP contribution in [-0.2, 0) is 4.79 Å². The maximum absolute atomic E-state index is 10.9. The molecule has 2 saturated heterocycles. The lowest BCUT2D eigenvalue weighted by molar-refractivity contribution is -0.120. The van der Waals surface area contributed by atoms with Crippen LogP contribution in [0.3, 0.4) is 0 Å². The van der Waals surface area contributed by atoms with E-state index in [9.17, 15) is 4.79 Å². The van der Waals surface area contributed by atoms with Crippen LogP contribution in [-0.4, -0.2) is 42.5 Å². The van der Waals surface area contributed by atoms with Crippen LogP contribution in [0.2, 0.25) is 0 Å². The Morgan fingerprint density at radius 2 is 2.00 bits per heavy atom. The molecule has 80 valence electrons. The van der Waals surface area contributed by atoms with Crippen LogP contribution < -0.4 is 11.1 Å². The first kappa shape index (κ1) is 9.93. The number of carbonyl (C=O) groups is 1. The minimum absolute atomic E-state index is 0.0890. The topological polar surface area (TPSA) is 58.4 Å². The van der Waals surface area contributed by atoms with Gasteiger partial charge in [0.05, 0.1) is 6.04 Å². The van der Waals surface area contributed by atoms with Gasteiger partial charge in [0.1, 0.15) is 0 Å². The van der Waals surface area contributed by atoms with Crippen LogP contribution in [0.4, 0.5) is 0 Å². The van der Waals surface area contributed by atoms with Gasteiger partial charge in [0.15, 0.2) is 0 Å². The zero-order valence-corrected chi connectivity index (χ0v) is 8.54. The Hall–Kier alpha value is -0.610. The van der Waals surface area contributed by atoms with Gasteiger partial charge in [-0.15, -0.1) is 0 Å². The molecule has 4 nitrogen and oxygen atoms in total. The number of piperidine rings is 1. The second-order valence-electron chi connectivity index (χ2n) is 4.34. The Balaban J connectivity index is 1.80. The number of amides is 1. The highest BCUT2D eigenvalue weighted by molar-refractivity contribution is 5.79. The van der Waals surface area contributed by atoms with E-state index in [1.807, 2.05) is 0 Å². The molecule has 1 amide bonds. The highest BCUT2D eigenvalue weighted by Crippen LogP contribution is 2.18. The number of likely N-dealkylation sites (tertiary alicyclic amines) is 1.